The van der Waals surface area contributed by atoms with E-state index in [4.69, 9.17) is 0 Å². The van der Waals surface area contributed by atoms with Gasteiger partial charge in [0, 0.05) is 12.6 Å². The monoisotopic (exact) mass is 214 g/mol. The number of rotatable bonds is 10. The molecule has 0 aliphatic carbocycles. The van der Waals surface area contributed by atoms with E-state index in [-0.39, 0.29) is 0 Å². The van der Waals surface area contributed by atoms with Crippen molar-refractivity contribution in [1.29, 1.82) is 0 Å². The molecular formula is C13H30N2. The van der Waals surface area contributed by atoms with Crippen LogP contribution in [0, 0.1) is 0 Å². The average molecular weight is 214 g/mol. The summed E-state index contributed by atoms with van der Waals surface area (Å²) in [6.45, 7) is 13.8. The molecule has 1 unspecified atom stereocenters. The SMILES string of the molecule is CCCCNCC(C)N(CC)CCCC. The summed E-state index contributed by atoms with van der Waals surface area (Å²) < 4.78 is 0. The number of nitrogens with one attached hydrogen (secondary N) is 1. The smallest absolute Gasteiger partial charge is 0.0192 e. The van der Waals surface area contributed by atoms with Crippen molar-refractivity contribution in [2.75, 3.05) is 26.2 Å². The Morgan fingerprint density at radius 3 is 2.27 bits per heavy atom. The first kappa shape index (κ1) is 14.9. The Morgan fingerprint density at radius 2 is 1.73 bits per heavy atom. The van der Waals surface area contributed by atoms with E-state index < -0.39 is 0 Å². The Bertz CT molecular complexity index is 126. The van der Waals surface area contributed by atoms with Crippen LogP contribution in [-0.2, 0) is 0 Å². The van der Waals surface area contributed by atoms with Crippen molar-refractivity contribution < 1.29 is 0 Å². The molecular weight excluding hydrogens is 184 g/mol. The van der Waals surface area contributed by atoms with Crippen LogP contribution in [0.5, 0.6) is 0 Å². The predicted octanol–water partition coefficient (Wildman–Crippen LogP) is 2.89. The van der Waals surface area contributed by atoms with Crippen molar-refractivity contribution in [1.82, 2.24) is 10.2 Å². The van der Waals surface area contributed by atoms with Crippen LogP contribution in [0.25, 0.3) is 0 Å². The molecule has 0 aromatic carbocycles. The maximum Gasteiger partial charge on any atom is 0.0192 e. The lowest BCUT2D eigenvalue weighted by Crippen LogP contribution is -2.41. The third-order valence-corrected chi connectivity index (χ3v) is 2.98. The highest BCUT2D eigenvalue weighted by Gasteiger charge is 2.09. The molecule has 0 aromatic heterocycles. The molecule has 0 heterocycles. The highest BCUT2D eigenvalue weighted by Crippen LogP contribution is 2.01. The third-order valence-electron chi connectivity index (χ3n) is 2.98. The topological polar surface area (TPSA) is 15.3 Å². The van der Waals surface area contributed by atoms with Crippen LogP contribution in [0.2, 0.25) is 0 Å². The van der Waals surface area contributed by atoms with Crippen molar-refractivity contribution in [3.05, 3.63) is 0 Å². The van der Waals surface area contributed by atoms with E-state index in [1.807, 2.05) is 0 Å². The van der Waals surface area contributed by atoms with Crippen LogP contribution in [-0.4, -0.2) is 37.1 Å². The minimum absolute atomic E-state index is 0.679. The quantitative estimate of drug-likeness (QED) is 0.563. The lowest BCUT2D eigenvalue weighted by Gasteiger charge is -2.28. The molecule has 0 saturated heterocycles. The van der Waals surface area contributed by atoms with Crippen molar-refractivity contribution in [3.8, 4) is 0 Å². The zero-order valence-electron chi connectivity index (χ0n) is 11.2. The molecule has 1 N–H and O–H groups in total. The summed E-state index contributed by atoms with van der Waals surface area (Å²) in [5.41, 5.74) is 0. The summed E-state index contributed by atoms with van der Waals surface area (Å²) in [6, 6.07) is 0.679. The molecule has 0 fully saturated rings. The van der Waals surface area contributed by atoms with Gasteiger partial charge in [-0.2, -0.15) is 0 Å². The van der Waals surface area contributed by atoms with Gasteiger partial charge < -0.3 is 5.32 Å². The maximum atomic E-state index is 3.54. The Balaban J connectivity index is 3.58. The molecule has 92 valence electrons. The minimum atomic E-state index is 0.679. The van der Waals surface area contributed by atoms with Crippen LogP contribution in [0.4, 0.5) is 0 Å². The number of hydrogen-bond acceptors (Lipinski definition) is 2. The van der Waals surface area contributed by atoms with E-state index in [1.54, 1.807) is 0 Å². The lowest BCUT2D eigenvalue weighted by atomic mass is 10.2. The molecule has 0 rings (SSSR count). The van der Waals surface area contributed by atoms with Gasteiger partial charge in [0.25, 0.3) is 0 Å². The lowest BCUT2D eigenvalue weighted by molar-refractivity contribution is 0.211. The Hall–Kier alpha value is -0.0800. The third kappa shape index (κ3) is 7.80. The van der Waals surface area contributed by atoms with E-state index in [9.17, 15) is 0 Å². The minimum Gasteiger partial charge on any atom is -0.315 e. The van der Waals surface area contributed by atoms with Crippen molar-refractivity contribution in [2.24, 2.45) is 0 Å². The number of unbranched alkanes of at least 4 members (excludes halogenated alkanes) is 2. The van der Waals surface area contributed by atoms with Crippen molar-refractivity contribution >= 4 is 0 Å². The number of hydrogen-bond donors (Lipinski definition) is 1. The largest absolute Gasteiger partial charge is 0.315 e. The molecule has 0 saturated carbocycles. The summed E-state index contributed by atoms with van der Waals surface area (Å²) in [7, 11) is 0. The second-order valence-electron chi connectivity index (χ2n) is 4.39. The van der Waals surface area contributed by atoms with Crippen molar-refractivity contribution in [3.63, 3.8) is 0 Å². The summed E-state index contributed by atoms with van der Waals surface area (Å²) in [4.78, 5) is 2.57. The molecule has 0 radical (unpaired) electrons. The van der Waals surface area contributed by atoms with Gasteiger partial charge in [-0.25, -0.2) is 0 Å². The van der Waals surface area contributed by atoms with Crippen LogP contribution < -0.4 is 5.32 Å². The van der Waals surface area contributed by atoms with E-state index in [1.165, 1.54) is 45.3 Å². The van der Waals surface area contributed by atoms with Gasteiger partial charge in [0.15, 0.2) is 0 Å². The van der Waals surface area contributed by atoms with Crippen LogP contribution in [0.3, 0.4) is 0 Å². The van der Waals surface area contributed by atoms with Gasteiger partial charge in [-0.3, -0.25) is 4.90 Å². The van der Waals surface area contributed by atoms with E-state index in [0.717, 1.165) is 6.54 Å². The van der Waals surface area contributed by atoms with E-state index in [2.05, 4.69) is 37.9 Å². The highest BCUT2D eigenvalue weighted by molar-refractivity contribution is 4.68. The van der Waals surface area contributed by atoms with Gasteiger partial charge in [0.05, 0.1) is 0 Å². The zero-order chi connectivity index (χ0) is 11.5. The van der Waals surface area contributed by atoms with E-state index >= 15 is 0 Å². The van der Waals surface area contributed by atoms with Crippen LogP contribution in [0.1, 0.15) is 53.4 Å². The van der Waals surface area contributed by atoms with Crippen LogP contribution >= 0.6 is 0 Å². The summed E-state index contributed by atoms with van der Waals surface area (Å²) >= 11 is 0. The number of nitrogens with zero attached hydrogens (tertiary/aromatic N) is 1. The molecule has 0 aliphatic heterocycles. The molecule has 2 nitrogen and oxygen atoms in total. The first-order chi connectivity index (χ1) is 7.26. The molecule has 1 atom stereocenters. The number of likely N-dealkylation sites (N-methyl/N-ethyl adjacent to an activating group) is 1. The molecule has 15 heavy (non-hydrogen) atoms. The summed E-state index contributed by atoms with van der Waals surface area (Å²) in [5, 5.41) is 3.54. The normalized spacial score (nSPS) is 13.4. The molecule has 0 aromatic rings. The fourth-order valence-electron chi connectivity index (χ4n) is 1.79. The van der Waals surface area contributed by atoms with Crippen LogP contribution in [0.15, 0.2) is 0 Å². The predicted molar refractivity (Wildman–Crippen MR) is 69.4 cm³/mol. The Morgan fingerprint density at radius 1 is 1.07 bits per heavy atom. The Kier molecular flexibility index (Phi) is 10.4. The fraction of sp³-hybridized carbons (Fsp3) is 1.00. The van der Waals surface area contributed by atoms with Crippen molar-refractivity contribution in [2.45, 2.75) is 59.4 Å². The average Bonchev–Trinajstić information content (AvgIpc) is 2.25. The molecule has 0 spiro atoms. The fourth-order valence-corrected chi connectivity index (χ4v) is 1.79. The second-order valence-corrected chi connectivity index (χ2v) is 4.39. The van der Waals surface area contributed by atoms with Gasteiger partial charge in [-0.15, -0.1) is 0 Å². The summed E-state index contributed by atoms with van der Waals surface area (Å²) in [5.74, 6) is 0. The van der Waals surface area contributed by atoms with Gasteiger partial charge >= 0.3 is 0 Å². The van der Waals surface area contributed by atoms with Gasteiger partial charge in [0.1, 0.15) is 0 Å². The first-order valence-electron chi connectivity index (χ1n) is 6.70. The standard InChI is InChI=1S/C13H30N2/c1-5-8-10-14-12-13(4)15(7-3)11-9-6-2/h13-14H,5-12H2,1-4H3. The first-order valence-corrected chi connectivity index (χ1v) is 6.70. The van der Waals surface area contributed by atoms with Gasteiger partial charge in [-0.05, 0) is 39.4 Å². The molecule has 2 heteroatoms. The Labute approximate surface area is 96.4 Å². The highest BCUT2D eigenvalue weighted by atomic mass is 15.2. The summed E-state index contributed by atoms with van der Waals surface area (Å²) in [6.07, 6.45) is 5.21. The second kappa shape index (κ2) is 10.4. The maximum absolute atomic E-state index is 3.54. The zero-order valence-corrected chi connectivity index (χ0v) is 11.2. The molecule has 0 bridgehead atoms. The van der Waals surface area contributed by atoms with E-state index in [0.29, 0.717) is 6.04 Å². The van der Waals surface area contributed by atoms with Gasteiger partial charge in [-0.1, -0.05) is 33.6 Å². The molecule has 0 aliphatic rings. The van der Waals surface area contributed by atoms with Gasteiger partial charge in [0.2, 0.25) is 0 Å². The molecule has 0 amide bonds.